The minimum atomic E-state index is -0.694. The summed E-state index contributed by atoms with van der Waals surface area (Å²) in [5.74, 6) is 0.0150. The Kier molecular flexibility index (Phi) is 4.01. The highest BCUT2D eigenvalue weighted by Gasteiger charge is 2.50. The second-order valence-corrected chi connectivity index (χ2v) is 5.06. The van der Waals surface area contributed by atoms with E-state index in [9.17, 15) is 4.79 Å². The van der Waals surface area contributed by atoms with Crippen LogP contribution in [0.2, 0.25) is 0 Å². The Morgan fingerprint density at radius 2 is 2.29 bits per heavy atom. The van der Waals surface area contributed by atoms with Gasteiger partial charge >= 0.3 is 0 Å². The summed E-state index contributed by atoms with van der Waals surface area (Å²) in [7, 11) is 1.60. The van der Waals surface area contributed by atoms with Crippen LogP contribution in [-0.4, -0.2) is 44.4 Å². The highest BCUT2D eigenvalue weighted by molar-refractivity contribution is 5.85. The van der Waals surface area contributed by atoms with Crippen LogP contribution in [0, 0.1) is 5.92 Å². The molecule has 98 valence electrons. The second-order valence-electron chi connectivity index (χ2n) is 5.06. The lowest BCUT2D eigenvalue weighted by Gasteiger charge is -2.32. The molecule has 5 nitrogen and oxygen atoms in total. The average molecular weight is 242 g/mol. The molecule has 1 heterocycles. The lowest BCUT2D eigenvalue weighted by molar-refractivity contribution is -0.128. The van der Waals surface area contributed by atoms with Crippen LogP contribution in [0.3, 0.4) is 0 Å². The van der Waals surface area contributed by atoms with Crippen molar-refractivity contribution in [3.8, 4) is 0 Å². The molecule has 2 aliphatic rings. The number of ether oxygens (including phenoxy) is 2. The fourth-order valence-corrected chi connectivity index (χ4v) is 2.58. The van der Waals surface area contributed by atoms with E-state index in [1.807, 2.05) is 0 Å². The number of amides is 1. The molecule has 0 radical (unpaired) electrons. The third-order valence-electron chi connectivity index (χ3n) is 3.76. The Bertz CT molecular complexity index is 275. The zero-order chi connectivity index (χ0) is 12.3. The van der Waals surface area contributed by atoms with Crippen molar-refractivity contribution >= 4 is 5.91 Å². The molecule has 3 N–H and O–H groups in total. The van der Waals surface area contributed by atoms with E-state index in [4.69, 9.17) is 15.2 Å². The van der Waals surface area contributed by atoms with Gasteiger partial charge in [-0.25, -0.2) is 0 Å². The minimum Gasteiger partial charge on any atom is -0.382 e. The maximum atomic E-state index is 11.7. The molecule has 2 fully saturated rings. The summed E-state index contributed by atoms with van der Waals surface area (Å²) < 4.78 is 10.7. The molecule has 2 unspecified atom stereocenters. The predicted molar refractivity (Wildman–Crippen MR) is 63.5 cm³/mol. The zero-order valence-corrected chi connectivity index (χ0v) is 10.4. The first-order chi connectivity index (χ1) is 8.19. The van der Waals surface area contributed by atoms with Crippen molar-refractivity contribution in [3.05, 3.63) is 0 Å². The van der Waals surface area contributed by atoms with E-state index in [2.05, 4.69) is 5.32 Å². The van der Waals surface area contributed by atoms with Crippen LogP contribution < -0.4 is 11.1 Å². The molecule has 5 heteroatoms. The maximum absolute atomic E-state index is 11.7. The van der Waals surface area contributed by atoms with E-state index >= 15 is 0 Å². The van der Waals surface area contributed by atoms with Crippen LogP contribution in [0.1, 0.15) is 25.7 Å². The van der Waals surface area contributed by atoms with Crippen molar-refractivity contribution in [3.63, 3.8) is 0 Å². The number of carbonyl (C=O) groups is 1. The largest absolute Gasteiger partial charge is 0.382 e. The van der Waals surface area contributed by atoms with E-state index in [0.29, 0.717) is 19.1 Å². The molecule has 1 aliphatic heterocycles. The van der Waals surface area contributed by atoms with Crippen LogP contribution in [-0.2, 0) is 14.3 Å². The van der Waals surface area contributed by atoms with E-state index < -0.39 is 5.54 Å². The number of nitrogens with one attached hydrogen (secondary N) is 1. The molecule has 0 aromatic carbocycles. The molecule has 1 aliphatic carbocycles. The van der Waals surface area contributed by atoms with Crippen molar-refractivity contribution in [1.29, 1.82) is 0 Å². The third-order valence-corrected chi connectivity index (χ3v) is 3.76. The van der Waals surface area contributed by atoms with Crippen molar-refractivity contribution in [1.82, 2.24) is 5.32 Å². The fourth-order valence-electron chi connectivity index (χ4n) is 2.58. The number of carbonyl (C=O) groups excluding carboxylic acids is 1. The van der Waals surface area contributed by atoms with Crippen molar-refractivity contribution < 1.29 is 14.3 Å². The van der Waals surface area contributed by atoms with Crippen molar-refractivity contribution in [2.24, 2.45) is 11.7 Å². The van der Waals surface area contributed by atoms with Gasteiger partial charge in [0.25, 0.3) is 0 Å². The smallest absolute Gasteiger partial charge is 0.240 e. The van der Waals surface area contributed by atoms with Crippen LogP contribution in [0.25, 0.3) is 0 Å². The van der Waals surface area contributed by atoms with Crippen LogP contribution in [0.4, 0.5) is 0 Å². The predicted octanol–water partition coefficient (Wildman–Crippen LogP) is 0.0355. The van der Waals surface area contributed by atoms with Gasteiger partial charge < -0.3 is 15.2 Å². The molecule has 17 heavy (non-hydrogen) atoms. The average Bonchev–Trinajstić information content (AvgIpc) is 3.02. The molecule has 0 aromatic heterocycles. The Morgan fingerprint density at radius 3 is 2.76 bits per heavy atom. The summed E-state index contributed by atoms with van der Waals surface area (Å²) in [6, 6.07) is 0. The van der Waals surface area contributed by atoms with Crippen LogP contribution >= 0.6 is 0 Å². The van der Waals surface area contributed by atoms with Gasteiger partial charge in [-0.05, 0) is 31.6 Å². The number of nitrogens with two attached hydrogens (primary N) is 1. The van der Waals surface area contributed by atoms with Gasteiger partial charge in [-0.15, -0.1) is 0 Å². The Morgan fingerprint density at radius 1 is 1.53 bits per heavy atom. The topological polar surface area (TPSA) is 73.6 Å². The summed E-state index contributed by atoms with van der Waals surface area (Å²) in [5, 5.41) is 3.31. The van der Waals surface area contributed by atoms with E-state index in [0.717, 1.165) is 32.3 Å². The summed E-state index contributed by atoms with van der Waals surface area (Å²) >= 11 is 0. The molecule has 0 bridgehead atoms. The van der Waals surface area contributed by atoms with Crippen LogP contribution in [0.15, 0.2) is 0 Å². The Labute approximate surface area is 102 Å². The second kappa shape index (κ2) is 5.33. The summed E-state index contributed by atoms with van der Waals surface area (Å²) in [6.07, 6.45) is 4.46. The summed E-state index contributed by atoms with van der Waals surface area (Å²) in [4.78, 5) is 11.7. The minimum absolute atomic E-state index is 0.212. The molecular formula is C12H22N2O3. The molecule has 1 amide bonds. The van der Waals surface area contributed by atoms with Gasteiger partial charge in [-0.3, -0.25) is 10.1 Å². The fraction of sp³-hybridized carbons (Fsp3) is 0.917. The first-order valence-corrected chi connectivity index (χ1v) is 6.34. The first-order valence-electron chi connectivity index (χ1n) is 6.34. The SMILES string of the molecule is COCC(NCC1CCCO1)(C(N)=O)C1CC1. The van der Waals surface area contributed by atoms with Gasteiger partial charge in [-0.2, -0.15) is 0 Å². The van der Waals surface area contributed by atoms with Crippen LogP contribution in [0.5, 0.6) is 0 Å². The van der Waals surface area contributed by atoms with Gasteiger partial charge in [0, 0.05) is 20.3 Å². The number of hydrogen-bond donors (Lipinski definition) is 2. The molecular weight excluding hydrogens is 220 g/mol. The first kappa shape index (κ1) is 12.8. The molecule has 2 rings (SSSR count). The lowest BCUT2D eigenvalue weighted by Crippen LogP contribution is -2.61. The molecule has 0 spiro atoms. The molecule has 0 aromatic rings. The van der Waals surface area contributed by atoms with Gasteiger partial charge in [0.05, 0.1) is 12.7 Å². The van der Waals surface area contributed by atoms with E-state index in [1.165, 1.54) is 0 Å². The quantitative estimate of drug-likeness (QED) is 0.661. The number of methoxy groups -OCH3 is 1. The van der Waals surface area contributed by atoms with Gasteiger partial charge in [0.2, 0.25) is 5.91 Å². The normalized spacial score (nSPS) is 27.9. The molecule has 1 saturated heterocycles. The zero-order valence-electron chi connectivity index (χ0n) is 10.4. The highest BCUT2D eigenvalue weighted by Crippen LogP contribution is 2.40. The summed E-state index contributed by atoms with van der Waals surface area (Å²) in [5.41, 5.74) is 4.87. The Hall–Kier alpha value is -0.650. The molecule has 1 saturated carbocycles. The highest BCUT2D eigenvalue weighted by atomic mass is 16.5. The van der Waals surface area contributed by atoms with Crippen molar-refractivity contribution in [2.45, 2.75) is 37.3 Å². The Balaban J connectivity index is 1.95. The lowest BCUT2D eigenvalue weighted by atomic mass is 9.92. The third kappa shape index (κ3) is 2.78. The van der Waals surface area contributed by atoms with E-state index in [-0.39, 0.29) is 12.0 Å². The number of primary amides is 1. The van der Waals surface area contributed by atoms with E-state index in [1.54, 1.807) is 7.11 Å². The summed E-state index contributed by atoms with van der Waals surface area (Å²) in [6.45, 7) is 1.85. The van der Waals surface area contributed by atoms with Gasteiger partial charge in [0.1, 0.15) is 5.54 Å². The van der Waals surface area contributed by atoms with Crippen molar-refractivity contribution in [2.75, 3.05) is 26.9 Å². The van der Waals surface area contributed by atoms with Gasteiger partial charge in [-0.1, -0.05) is 0 Å². The number of hydrogen-bond acceptors (Lipinski definition) is 4. The molecule has 2 atom stereocenters. The monoisotopic (exact) mass is 242 g/mol. The maximum Gasteiger partial charge on any atom is 0.240 e. The van der Waals surface area contributed by atoms with Gasteiger partial charge in [0.15, 0.2) is 0 Å². The number of rotatable bonds is 7. The standard InChI is InChI=1S/C12H22N2O3/c1-16-8-12(11(13)15,9-4-5-9)14-7-10-3-2-6-17-10/h9-10,14H,2-8H2,1H3,(H2,13,15).